The third-order valence-electron chi connectivity index (χ3n) is 3.69. The van der Waals surface area contributed by atoms with Crippen molar-refractivity contribution in [1.29, 1.82) is 0 Å². The van der Waals surface area contributed by atoms with Gasteiger partial charge in [0.25, 0.3) is 5.91 Å². The fourth-order valence-electron chi connectivity index (χ4n) is 2.48. The summed E-state index contributed by atoms with van der Waals surface area (Å²) in [7, 11) is 1.67. The van der Waals surface area contributed by atoms with Crippen molar-refractivity contribution in [2.75, 3.05) is 12.4 Å². The Morgan fingerprint density at radius 2 is 2.05 bits per heavy atom. The highest BCUT2D eigenvalue weighted by Crippen LogP contribution is 2.24. The molecular formula is C14H20FN3O. The summed E-state index contributed by atoms with van der Waals surface area (Å²) >= 11 is 0. The average molecular weight is 265 g/mol. The van der Waals surface area contributed by atoms with E-state index >= 15 is 0 Å². The lowest BCUT2D eigenvalue weighted by molar-refractivity contribution is 0.0923. The van der Waals surface area contributed by atoms with Crippen LogP contribution < -0.4 is 10.6 Å². The third kappa shape index (κ3) is 3.43. The normalized spacial score (nSPS) is 22.9. The predicted octanol–water partition coefficient (Wildman–Crippen LogP) is 2.57. The number of aromatic nitrogens is 1. The van der Waals surface area contributed by atoms with Crippen LogP contribution in [0.15, 0.2) is 12.3 Å². The molecule has 1 aromatic heterocycles. The summed E-state index contributed by atoms with van der Waals surface area (Å²) in [5.74, 6) is 0.386. The van der Waals surface area contributed by atoms with Crippen molar-refractivity contribution < 1.29 is 9.18 Å². The summed E-state index contributed by atoms with van der Waals surface area (Å²) in [5, 5.41) is 5.78. The maximum Gasteiger partial charge on any atom is 0.255 e. The molecule has 2 rings (SSSR count). The highest BCUT2D eigenvalue weighted by molar-refractivity contribution is 5.98. The van der Waals surface area contributed by atoms with E-state index in [2.05, 4.69) is 22.5 Å². The Morgan fingerprint density at radius 1 is 1.37 bits per heavy atom. The second kappa shape index (κ2) is 5.99. The predicted molar refractivity (Wildman–Crippen MR) is 72.6 cm³/mol. The Bertz CT molecular complexity index is 456. The summed E-state index contributed by atoms with van der Waals surface area (Å²) in [4.78, 5) is 16.0. The Balaban J connectivity index is 2.05. The van der Waals surface area contributed by atoms with Crippen LogP contribution in [0.5, 0.6) is 0 Å². The van der Waals surface area contributed by atoms with Gasteiger partial charge in [0, 0.05) is 13.1 Å². The number of nitrogens with zero attached hydrogens (tertiary/aromatic N) is 1. The zero-order valence-electron chi connectivity index (χ0n) is 11.4. The molecule has 2 N–H and O–H groups in total. The van der Waals surface area contributed by atoms with E-state index in [1.165, 1.54) is 6.07 Å². The van der Waals surface area contributed by atoms with Gasteiger partial charge in [-0.2, -0.15) is 0 Å². The van der Waals surface area contributed by atoms with E-state index in [0.717, 1.165) is 37.8 Å². The Labute approximate surface area is 112 Å². The fourth-order valence-corrected chi connectivity index (χ4v) is 2.48. The minimum atomic E-state index is -0.499. The summed E-state index contributed by atoms with van der Waals surface area (Å²) in [5.41, 5.74) is 0.265. The Kier molecular flexibility index (Phi) is 4.35. The number of rotatable bonds is 3. The molecule has 4 nitrogen and oxygen atoms in total. The molecule has 0 unspecified atom stereocenters. The number of hydrogen-bond donors (Lipinski definition) is 2. The van der Waals surface area contributed by atoms with Crippen LogP contribution in [0.25, 0.3) is 0 Å². The van der Waals surface area contributed by atoms with Crippen LogP contribution in [0.1, 0.15) is 43.0 Å². The van der Waals surface area contributed by atoms with E-state index in [1.54, 1.807) is 7.05 Å². The van der Waals surface area contributed by atoms with Crippen molar-refractivity contribution in [3.63, 3.8) is 0 Å². The van der Waals surface area contributed by atoms with Crippen molar-refractivity contribution in [2.45, 2.75) is 38.6 Å². The monoisotopic (exact) mass is 265 g/mol. The minimum absolute atomic E-state index is 0.191. The molecule has 1 saturated carbocycles. The molecule has 1 aromatic rings. The minimum Gasteiger partial charge on any atom is -0.372 e. The van der Waals surface area contributed by atoms with E-state index in [1.807, 2.05) is 0 Å². The molecule has 0 aliphatic heterocycles. The standard InChI is InChI=1S/C14H20FN3O/c1-9-3-5-11(6-4-9)18-14(19)12-7-10(15)8-17-13(12)16-2/h7-9,11H,3-6H2,1-2H3,(H,16,17)(H,18,19). The van der Waals surface area contributed by atoms with E-state index in [9.17, 15) is 9.18 Å². The molecule has 1 heterocycles. The lowest BCUT2D eigenvalue weighted by atomic mass is 9.87. The zero-order valence-corrected chi connectivity index (χ0v) is 11.4. The second-order valence-electron chi connectivity index (χ2n) is 5.23. The number of carbonyl (C=O) groups excluding carboxylic acids is 1. The van der Waals surface area contributed by atoms with Crippen LogP contribution in [-0.4, -0.2) is 24.0 Å². The fraction of sp³-hybridized carbons (Fsp3) is 0.571. The summed E-state index contributed by atoms with van der Waals surface area (Å²) in [6.45, 7) is 2.23. The topological polar surface area (TPSA) is 54.0 Å². The van der Waals surface area contributed by atoms with Crippen molar-refractivity contribution in [2.24, 2.45) is 5.92 Å². The van der Waals surface area contributed by atoms with Crippen LogP contribution >= 0.6 is 0 Å². The first-order valence-corrected chi connectivity index (χ1v) is 6.74. The van der Waals surface area contributed by atoms with Crippen LogP contribution in [0.2, 0.25) is 0 Å². The first kappa shape index (κ1) is 13.8. The molecule has 1 amide bonds. The highest BCUT2D eigenvalue weighted by Gasteiger charge is 2.22. The van der Waals surface area contributed by atoms with Gasteiger partial charge in [-0.25, -0.2) is 9.37 Å². The van der Waals surface area contributed by atoms with Crippen LogP contribution in [0.4, 0.5) is 10.2 Å². The van der Waals surface area contributed by atoms with E-state index < -0.39 is 5.82 Å². The van der Waals surface area contributed by atoms with E-state index in [4.69, 9.17) is 0 Å². The molecule has 1 aliphatic rings. The van der Waals surface area contributed by atoms with Crippen molar-refractivity contribution in [1.82, 2.24) is 10.3 Å². The molecule has 104 valence electrons. The number of amides is 1. The highest BCUT2D eigenvalue weighted by atomic mass is 19.1. The largest absolute Gasteiger partial charge is 0.372 e. The average Bonchev–Trinajstić information content (AvgIpc) is 2.41. The second-order valence-corrected chi connectivity index (χ2v) is 5.23. The SMILES string of the molecule is CNc1ncc(F)cc1C(=O)NC1CCC(C)CC1. The first-order chi connectivity index (χ1) is 9.10. The van der Waals surface area contributed by atoms with Crippen LogP contribution in [0, 0.1) is 11.7 Å². The summed E-state index contributed by atoms with van der Waals surface area (Å²) < 4.78 is 13.2. The van der Waals surface area contributed by atoms with Crippen molar-refractivity contribution >= 4 is 11.7 Å². The van der Waals surface area contributed by atoms with Gasteiger partial charge < -0.3 is 10.6 Å². The quantitative estimate of drug-likeness (QED) is 0.883. The summed E-state index contributed by atoms with van der Waals surface area (Å²) in [6, 6.07) is 1.41. The maximum absolute atomic E-state index is 13.2. The van der Waals surface area contributed by atoms with Gasteiger partial charge in [0.2, 0.25) is 0 Å². The molecule has 19 heavy (non-hydrogen) atoms. The summed E-state index contributed by atoms with van der Waals surface area (Å²) in [6.07, 6.45) is 5.34. The van der Waals surface area contributed by atoms with E-state index in [-0.39, 0.29) is 17.5 Å². The Hall–Kier alpha value is -1.65. The smallest absolute Gasteiger partial charge is 0.255 e. The van der Waals surface area contributed by atoms with Crippen LogP contribution in [0.3, 0.4) is 0 Å². The van der Waals surface area contributed by atoms with Gasteiger partial charge in [-0.15, -0.1) is 0 Å². The number of nitrogens with one attached hydrogen (secondary N) is 2. The number of hydrogen-bond acceptors (Lipinski definition) is 3. The molecule has 1 fully saturated rings. The molecule has 0 radical (unpaired) electrons. The number of carbonyl (C=O) groups is 1. The molecular weight excluding hydrogens is 245 g/mol. The third-order valence-corrected chi connectivity index (χ3v) is 3.69. The molecule has 0 bridgehead atoms. The molecule has 0 aromatic carbocycles. The van der Waals surface area contributed by atoms with Gasteiger partial charge in [0.15, 0.2) is 0 Å². The van der Waals surface area contributed by atoms with Gasteiger partial charge in [-0.3, -0.25) is 4.79 Å². The molecule has 0 spiro atoms. The molecule has 0 atom stereocenters. The molecule has 0 saturated heterocycles. The van der Waals surface area contributed by atoms with Gasteiger partial charge in [-0.1, -0.05) is 6.92 Å². The number of anilines is 1. The zero-order chi connectivity index (χ0) is 13.8. The maximum atomic E-state index is 13.2. The van der Waals surface area contributed by atoms with Gasteiger partial charge >= 0.3 is 0 Å². The number of pyridine rings is 1. The number of halogens is 1. The molecule has 5 heteroatoms. The lowest BCUT2D eigenvalue weighted by Crippen LogP contribution is -2.37. The van der Waals surface area contributed by atoms with Gasteiger partial charge in [0.05, 0.1) is 11.8 Å². The van der Waals surface area contributed by atoms with Crippen molar-refractivity contribution in [3.05, 3.63) is 23.6 Å². The van der Waals surface area contributed by atoms with E-state index in [0.29, 0.717) is 5.82 Å². The first-order valence-electron chi connectivity index (χ1n) is 6.74. The lowest BCUT2D eigenvalue weighted by Gasteiger charge is -2.27. The molecule has 1 aliphatic carbocycles. The van der Waals surface area contributed by atoms with Gasteiger partial charge in [-0.05, 0) is 37.7 Å². The van der Waals surface area contributed by atoms with Crippen LogP contribution in [-0.2, 0) is 0 Å². The van der Waals surface area contributed by atoms with Gasteiger partial charge in [0.1, 0.15) is 11.6 Å². The van der Waals surface area contributed by atoms with Crippen molar-refractivity contribution in [3.8, 4) is 0 Å². The Morgan fingerprint density at radius 3 is 2.68 bits per heavy atom.